The number of amides is 1. The topological polar surface area (TPSA) is 61.9 Å². The Labute approximate surface area is 189 Å². The summed E-state index contributed by atoms with van der Waals surface area (Å²) in [7, 11) is 1.31. The molecule has 2 heterocycles. The fourth-order valence-electron chi connectivity index (χ4n) is 3.82. The number of aryl methyl sites for hydroxylation is 1. The number of carbonyl (C=O) groups is 2. The van der Waals surface area contributed by atoms with Gasteiger partial charge in [0.1, 0.15) is 5.00 Å². The van der Waals surface area contributed by atoms with E-state index in [-0.39, 0.29) is 12.5 Å². The zero-order valence-corrected chi connectivity index (χ0v) is 19.0. The Morgan fingerprint density at radius 3 is 2.47 bits per heavy atom. The van der Waals surface area contributed by atoms with Crippen LogP contribution in [0.1, 0.15) is 33.3 Å². The molecular formula is C22H26F3N3O3S. The number of anilines is 2. The fraction of sp³-hybridized carbons (Fsp3) is 0.455. The summed E-state index contributed by atoms with van der Waals surface area (Å²) in [6, 6.07) is 5.28. The number of alkyl halides is 3. The van der Waals surface area contributed by atoms with Crippen LogP contribution >= 0.6 is 11.3 Å². The van der Waals surface area contributed by atoms with Crippen molar-refractivity contribution in [3.05, 3.63) is 45.8 Å². The maximum atomic E-state index is 13.0. The minimum absolute atomic E-state index is 0.134. The Kier molecular flexibility index (Phi) is 7.45. The molecule has 0 radical (unpaired) electrons. The van der Waals surface area contributed by atoms with E-state index < -0.39 is 17.7 Å². The van der Waals surface area contributed by atoms with Crippen molar-refractivity contribution in [3.63, 3.8) is 0 Å². The number of ether oxygens (including phenoxy) is 1. The maximum absolute atomic E-state index is 13.0. The Balaban J connectivity index is 1.60. The molecule has 1 aliphatic rings. The first-order chi connectivity index (χ1) is 15.1. The first kappa shape index (κ1) is 24.1. The highest BCUT2D eigenvalue weighted by molar-refractivity contribution is 7.16. The second kappa shape index (κ2) is 9.91. The monoisotopic (exact) mass is 469 g/mol. The third-order valence-corrected chi connectivity index (χ3v) is 6.55. The van der Waals surface area contributed by atoms with Gasteiger partial charge in [-0.1, -0.05) is 13.0 Å². The largest absolute Gasteiger partial charge is 0.465 e. The predicted octanol–water partition coefficient (Wildman–Crippen LogP) is 4.19. The first-order valence-electron chi connectivity index (χ1n) is 10.3. The Bertz CT molecular complexity index is 983. The zero-order valence-electron chi connectivity index (χ0n) is 18.2. The van der Waals surface area contributed by atoms with Gasteiger partial charge >= 0.3 is 12.1 Å². The van der Waals surface area contributed by atoms with E-state index in [0.717, 1.165) is 22.6 Å². The van der Waals surface area contributed by atoms with Crippen molar-refractivity contribution in [1.29, 1.82) is 0 Å². The molecule has 1 aliphatic heterocycles. The van der Waals surface area contributed by atoms with E-state index in [0.29, 0.717) is 48.9 Å². The van der Waals surface area contributed by atoms with Crippen LogP contribution in [0.5, 0.6) is 0 Å². The molecule has 0 spiro atoms. The van der Waals surface area contributed by atoms with Crippen LogP contribution in [0.25, 0.3) is 0 Å². The van der Waals surface area contributed by atoms with E-state index in [1.807, 2.05) is 23.6 Å². The average Bonchev–Trinajstić information content (AvgIpc) is 3.07. The van der Waals surface area contributed by atoms with Crippen LogP contribution in [-0.2, 0) is 22.1 Å². The first-order valence-corrected chi connectivity index (χ1v) is 11.1. The van der Waals surface area contributed by atoms with Crippen molar-refractivity contribution in [3.8, 4) is 0 Å². The van der Waals surface area contributed by atoms with E-state index in [1.165, 1.54) is 24.5 Å². The Hall–Kier alpha value is -2.59. The lowest BCUT2D eigenvalue weighted by Gasteiger charge is -2.36. The molecule has 1 aromatic heterocycles. The second-order valence-corrected chi connectivity index (χ2v) is 8.77. The minimum atomic E-state index is -4.38. The van der Waals surface area contributed by atoms with Crippen LogP contribution in [0.15, 0.2) is 24.3 Å². The summed E-state index contributed by atoms with van der Waals surface area (Å²) >= 11 is 1.35. The van der Waals surface area contributed by atoms with Gasteiger partial charge < -0.3 is 15.0 Å². The van der Waals surface area contributed by atoms with Gasteiger partial charge in [-0.25, -0.2) is 4.79 Å². The highest BCUT2D eigenvalue weighted by atomic mass is 32.1. The third-order valence-electron chi connectivity index (χ3n) is 5.48. The predicted molar refractivity (Wildman–Crippen MR) is 119 cm³/mol. The number of nitrogens with zero attached hydrogens (tertiary/aromatic N) is 2. The highest BCUT2D eigenvalue weighted by Gasteiger charge is 2.31. The van der Waals surface area contributed by atoms with Crippen molar-refractivity contribution in [1.82, 2.24) is 4.90 Å². The zero-order chi connectivity index (χ0) is 23.5. The molecule has 1 saturated heterocycles. The summed E-state index contributed by atoms with van der Waals surface area (Å²) in [5, 5.41) is 3.32. The lowest BCUT2D eigenvalue weighted by atomic mass is 10.1. The number of thiophene rings is 1. The van der Waals surface area contributed by atoms with Gasteiger partial charge in [0.05, 0.1) is 24.8 Å². The molecule has 3 rings (SSSR count). The number of rotatable bonds is 6. The van der Waals surface area contributed by atoms with Gasteiger partial charge in [0, 0.05) is 36.7 Å². The molecule has 1 fully saturated rings. The van der Waals surface area contributed by atoms with Crippen molar-refractivity contribution in [2.75, 3.05) is 50.1 Å². The van der Waals surface area contributed by atoms with Crippen LogP contribution in [-0.4, -0.2) is 56.6 Å². The number of hydrogen-bond donors (Lipinski definition) is 1. The molecule has 2 aromatic rings. The smallest absolute Gasteiger partial charge is 0.416 e. The van der Waals surface area contributed by atoms with Gasteiger partial charge in [-0.15, -0.1) is 11.3 Å². The molecule has 0 atom stereocenters. The summed E-state index contributed by atoms with van der Waals surface area (Å²) in [6.07, 6.45) is -3.73. The van der Waals surface area contributed by atoms with Crippen molar-refractivity contribution < 1.29 is 27.5 Å². The number of nitrogens with one attached hydrogen (secondary N) is 1. The molecule has 0 bridgehead atoms. The molecule has 174 valence electrons. The van der Waals surface area contributed by atoms with Crippen LogP contribution < -0.4 is 10.2 Å². The molecular weight excluding hydrogens is 443 g/mol. The van der Waals surface area contributed by atoms with E-state index >= 15 is 0 Å². The van der Waals surface area contributed by atoms with Crippen molar-refractivity contribution in [2.45, 2.75) is 26.4 Å². The number of hydrogen-bond acceptors (Lipinski definition) is 6. The molecule has 10 heteroatoms. The average molecular weight is 470 g/mol. The van der Waals surface area contributed by atoms with Gasteiger partial charge in [0.25, 0.3) is 0 Å². The van der Waals surface area contributed by atoms with Gasteiger partial charge in [-0.05, 0) is 37.1 Å². The van der Waals surface area contributed by atoms with Crippen LogP contribution in [0.4, 0.5) is 23.9 Å². The quantitative estimate of drug-likeness (QED) is 0.643. The maximum Gasteiger partial charge on any atom is 0.416 e. The van der Waals surface area contributed by atoms with Crippen molar-refractivity contribution in [2.24, 2.45) is 0 Å². The fourth-order valence-corrected chi connectivity index (χ4v) is 4.97. The summed E-state index contributed by atoms with van der Waals surface area (Å²) in [6.45, 7) is 6.08. The molecule has 1 N–H and O–H groups in total. The van der Waals surface area contributed by atoms with E-state index in [9.17, 15) is 22.8 Å². The minimum Gasteiger partial charge on any atom is -0.465 e. The number of benzene rings is 1. The SMILES string of the molecule is CCc1c(C)sc(NC(=O)CN2CCN(c3cccc(C(F)(F)F)c3)CC2)c1C(=O)OC. The lowest BCUT2D eigenvalue weighted by molar-refractivity contribution is -0.137. The summed E-state index contributed by atoms with van der Waals surface area (Å²) < 4.78 is 43.8. The molecule has 0 aliphatic carbocycles. The molecule has 0 unspecified atom stereocenters. The molecule has 1 amide bonds. The highest BCUT2D eigenvalue weighted by Crippen LogP contribution is 2.34. The molecule has 0 saturated carbocycles. The molecule has 32 heavy (non-hydrogen) atoms. The number of esters is 1. The van der Waals surface area contributed by atoms with Crippen molar-refractivity contribution >= 4 is 33.9 Å². The summed E-state index contributed by atoms with van der Waals surface area (Å²) in [4.78, 5) is 29.6. The Morgan fingerprint density at radius 1 is 1.19 bits per heavy atom. The summed E-state index contributed by atoms with van der Waals surface area (Å²) in [5.74, 6) is -0.720. The number of carbonyl (C=O) groups excluding carboxylic acids is 2. The molecule has 1 aromatic carbocycles. The van der Waals surface area contributed by atoms with E-state index in [1.54, 1.807) is 6.07 Å². The van der Waals surface area contributed by atoms with Crippen LogP contribution in [0.2, 0.25) is 0 Å². The van der Waals surface area contributed by atoms with Crippen LogP contribution in [0.3, 0.4) is 0 Å². The summed E-state index contributed by atoms with van der Waals surface area (Å²) in [5.41, 5.74) is 1.12. The van der Waals surface area contributed by atoms with E-state index in [2.05, 4.69) is 5.32 Å². The Morgan fingerprint density at radius 2 is 1.88 bits per heavy atom. The van der Waals surface area contributed by atoms with E-state index in [4.69, 9.17) is 4.74 Å². The van der Waals surface area contributed by atoms with Gasteiger partial charge in [0.15, 0.2) is 0 Å². The molecule has 6 nitrogen and oxygen atoms in total. The van der Waals surface area contributed by atoms with Crippen LogP contribution in [0, 0.1) is 6.92 Å². The number of halogens is 3. The van der Waals surface area contributed by atoms with Gasteiger partial charge in [-0.3, -0.25) is 9.69 Å². The normalized spacial score (nSPS) is 15.0. The van der Waals surface area contributed by atoms with Gasteiger partial charge in [-0.2, -0.15) is 13.2 Å². The third kappa shape index (κ3) is 5.42. The number of piperazine rings is 1. The standard InChI is InChI=1S/C22H26F3N3O3S/c1-4-17-14(2)32-20(19(17)21(30)31-3)26-18(29)13-27-8-10-28(11-9-27)16-7-5-6-15(12-16)22(23,24)25/h5-7,12H,4,8-11,13H2,1-3H3,(H,26,29). The number of methoxy groups -OCH3 is 1. The second-order valence-electron chi connectivity index (χ2n) is 7.55. The van der Waals surface area contributed by atoms with Gasteiger partial charge in [0.2, 0.25) is 5.91 Å². The lowest BCUT2D eigenvalue weighted by Crippen LogP contribution is -2.48.